The number of amides is 2. The summed E-state index contributed by atoms with van der Waals surface area (Å²) >= 11 is 0. The molecule has 6 heteroatoms. The Morgan fingerprint density at radius 2 is 2.00 bits per heavy atom. The van der Waals surface area contributed by atoms with Gasteiger partial charge >= 0.3 is 0 Å². The molecule has 0 bridgehead atoms. The molecule has 1 fully saturated rings. The van der Waals surface area contributed by atoms with Crippen molar-refractivity contribution in [2.75, 3.05) is 5.32 Å². The first-order chi connectivity index (χ1) is 14.3. The molecule has 0 atom stereocenters. The lowest BCUT2D eigenvalue weighted by Gasteiger charge is -2.12. The molecule has 30 heavy (non-hydrogen) atoms. The summed E-state index contributed by atoms with van der Waals surface area (Å²) in [5.74, 6) is -0.150. The first kappa shape index (κ1) is 21.4. The number of nitrogens with zero attached hydrogens (tertiary/aromatic N) is 2. The average Bonchev–Trinajstić information content (AvgIpc) is 3.48. The van der Waals surface area contributed by atoms with Crippen LogP contribution in [0.1, 0.15) is 54.0 Å². The van der Waals surface area contributed by atoms with E-state index >= 15 is 0 Å². The van der Waals surface area contributed by atoms with Gasteiger partial charge < -0.3 is 15.2 Å². The van der Waals surface area contributed by atoms with Gasteiger partial charge in [0, 0.05) is 35.2 Å². The van der Waals surface area contributed by atoms with E-state index in [2.05, 4.69) is 29.0 Å². The molecule has 3 rings (SSSR count). The maximum atomic E-state index is 12.7. The van der Waals surface area contributed by atoms with Crippen molar-refractivity contribution in [3.8, 4) is 6.07 Å². The molecule has 0 spiro atoms. The van der Waals surface area contributed by atoms with Gasteiger partial charge in [-0.05, 0) is 68.5 Å². The summed E-state index contributed by atoms with van der Waals surface area (Å²) in [4.78, 5) is 24.9. The van der Waals surface area contributed by atoms with Crippen LogP contribution in [-0.4, -0.2) is 22.4 Å². The second kappa shape index (κ2) is 9.00. The van der Waals surface area contributed by atoms with Crippen LogP contribution in [-0.2, 0) is 11.3 Å². The normalized spacial score (nSPS) is 13.8. The van der Waals surface area contributed by atoms with E-state index in [0.717, 1.165) is 36.3 Å². The van der Waals surface area contributed by atoms with E-state index in [4.69, 9.17) is 0 Å². The SMILES string of the molecule is Cc1cc(/C=C(\C#N)C(=O)Nc2cccc(C(=O)NC3CC3)c2)c(C)n1CC(C)C. The van der Waals surface area contributed by atoms with Gasteiger partial charge in [-0.1, -0.05) is 19.9 Å². The number of aromatic nitrogens is 1. The Morgan fingerprint density at radius 3 is 2.63 bits per heavy atom. The van der Waals surface area contributed by atoms with Crippen LogP contribution in [0, 0.1) is 31.1 Å². The van der Waals surface area contributed by atoms with E-state index in [1.54, 1.807) is 30.3 Å². The number of carbonyl (C=O) groups is 2. The third-order valence-corrected chi connectivity index (χ3v) is 5.12. The molecule has 1 heterocycles. The molecule has 1 saturated carbocycles. The predicted octanol–water partition coefficient (Wildman–Crippen LogP) is 4.20. The number of hydrogen-bond donors (Lipinski definition) is 2. The molecule has 156 valence electrons. The lowest BCUT2D eigenvalue weighted by molar-refractivity contribution is -0.112. The Morgan fingerprint density at radius 1 is 1.27 bits per heavy atom. The van der Waals surface area contributed by atoms with Gasteiger partial charge in [-0.15, -0.1) is 0 Å². The summed E-state index contributed by atoms with van der Waals surface area (Å²) in [5.41, 5.74) is 3.97. The van der Waals surface area contributed by atoms with Gasteiger partial charge in [0.2, 0.25) is 0 Å². The van der Waals surface area contributed by atoms with Crippen molar-refractivity contribution in [1.82, 2.24) is 9.88 Å². The summed E-state index contributed by atoms with van der Waals surface area (Å²) in [7, 11) is 0. The van der Waals surface area contributed by atoms with Crippen LogP contribution in [0.2, 0.25) is 0 Å². The molecule has 0 saturated heterocycles. The van der Waals surface area contributed by atoms with Crippen LogP contribution in [0.25, 0.3) is 6.08 Å². The summed E-state index contributed by atoms with van der Waals surface area (Å²) in [6, 6.07) is 11.0. The highest BCUT2D eigenvalue weighted by atomic mass is 16.2. The van der Waals surface area contributed by atoms with Crippen LogP contribution >= 0.6 is 0 Å². The van der Waals surface area contributed by atoms with Crippen molar-refractivity contribution in [2.45, 2.75) is 53.1 Å². The molecular formula is C24H28N4O2. The smallest absolute Gasteiger partial charge is 0.266 e. The van der Waals surface area contributed by atoms with Gasteiger partial charge in [-0.25, -0.2) is 0 Å². The fourth-order valence-electron chi connectivity index (χ4n) is 3.36. The Bertz CT molecular complexity index is 1040. The second-order valence-electron chi connectivity index (χ2n) is 8.28. The van der Waals surface area contributed by atoms with E-state index in [0.29, 0.717) is 17.2 Å². The van der Waals surface area contributed by atoms with Crippen molar-refractivity contribution < 1.29 is 9.59 Å². The number of anilines is 1. The predicted molar refractivity (Wildman–Crippen MR) is 118 cm³/mol. The number of benzene rings is 1. The molecule has 0 radical (unpaired) electrons. The zero-order chi connectivity index (χ0) is 21.8. The van der Waals surface area contributed by atoms with Gasteiger partial charge in [-0.2, -0.15) is 5.26 Å². The van der Waals surface area contributed by atoms with Gasteiger partial charge in [0.05, 0.1) is 0 Å². The molecule has 0 unspecified atom stereocenters. The summed E-state index contributed by atoms with van der Waals surface area (Å²) in [5, 5.41) is 15.2. The average molecular weight is 405 g/mol. The summed E-state index contributed by atoms with van der Waals surface area (Å²) in [6.07, 6.45) is 3.64. The second-order valence-corrected chi connectivity index (χ2v) is 8.28. The Balaban J connectivity index is 1.77. The number of nitriles is 1. The van der Waals surface area contributed by atoms with Crippen molar-refractivity contribution in [1.29, 1.82) is 5.26 Å². The lowest BCUT2D eigenvalue weighted by atomic mass is 10.1. The van der Waals surface area contributed by atoms with Crippen LogP contribution in [0.4, 0.5) is 5.69 Å². The highest BCUT2D eigenvalue weighted by Crippen LogP contribution is 2.22. The molecule has 0 aliphatic heterocycles. The number of carbonyl (C=O) groups excluding carboxylic acids is 2. The van der Waals surface area contributed by atoms with E-state index in [-0.39, 0.29) is 17.5 Å². The number of aryl methyl sites for hydroxylation is 1. The zero-order valence-corrected chi connectivity index (χ0v) is 18.0. The topological polar surface area (TPSA) is 86.9 Å². The molecule has 1 aliphatic carbocycles. The largest absolute Gasteiger partial charge is 0.349 e. The molecule has 1 aromatic carbocycles. The maximum absolute atomic E-state index is 12.7. The van der Waals surface area contributed by atoms with Crippen LogP contribution in [0.5, 0.6) is 0 Å². The Hall–Kier alpha value is -3.33. The maximum Gasteiger partial charge on any atom is 0.266 e. The van der Waals surface area contributed by atoms with E-state index in [9.17, 15) is 14.9 Å². The molecule has 6 nitrogen and oxygen atoms in total. The Labute approximate surface area is 177 Å². The Kier molecular flexibility index (Phi) is 6.41. The standard InChI is InChI=1S/C24H28N4O2/c1-15(2)14-28-16(3)10-19(17(28)4)11-20(13-25)24(30)27-22-7-5-6-18(12-22)23(29)26-21-8-9-21/h5-7,10-12,15,21H,8-9,14H2,1-4H3,(H,26,29)(H,27,30)/b20-11+. The van der Waals surface area contributed by atoms with Crippen LogP contribution in [0.3, 0.4) is 0 Å². The van der Waals surface area contributed by atoms with Gasteiger partial charge in [-0.3, -0.25) is 9.59 Å². The number of hydrogen-bond acceptors (Lipinski definition) is 3. The third-order valence-electron chi connectivity index (χ3n) is 5.12. The summed E-state index contributed by atoms with van der Waals surface area (Å²) < 4.78 is 2.20. The number of rotatable bonds is 7. The summed E-state index contributed by atoms with van der Waals surface area (Å²) in [6.45, 7) is 9.21. The van der Waals surface area contributed by atoms with Crippen molar-refractivity contribution in [3.05, 3.63) is 58.4 Å². The van der Waals surface area contributed by atoms with Crippen LogP contribution in [0.15, 0.2) is 35.9 Å². The van der Waals surface area contributed by atoms with E-state index in [1.807, 2.05) is 26.0 Å². The minimum Gasteiger partial charge on any atom is -0.349 e. The van der Waals surface area contributed by atoms with E-state index in [1.165, 1.54) is 0 Å². The first-order valence-corrected chi connectivity index (χ1v) is 10.3. The monoisotopic (exact) mass is 404 g/mol. The number of nitrogens with one attached hydrogen (secondary N) is 2. The first-order valence-electron chi connectivity index (χ1n) is 10.3. The van der Waals surface area contributed by atoms with E-state index < -0.39 is 5.91 Å². The van der Waals surface area contributed by atoms with Gasteiger partial charge in [0.25, 0.3) is 11.8 Å². The molecule has 2 N–H and O–H groups in total. The van der Waals surface area contributed by atoms with Crippen molar-refractivity contribution >= 4 is 23.6 Å². The molecular weight excluding hydrogens is 376 g/mol. The highest BCUT2D eigenvalue weighted by molar-refractivity contribution is 6.10. The minimum atomic E-state index is -0.495. The zero-order valence-electron chi connectivity index (χ0n) is 18.0. The van der Waals surface area contributed by atoms with Crippen LogP contribution < -0.4 is 10.6 Å². The third kappa shape index (κ3) is 5.18. The van der Waals surface area contributed by atoms with Gasteiger partial charge in [0.15, 0.2) is 0 Å². The molecule has 1 aromatic heterocycles. The quantitative estimate of drug-likeness (QED) is 0.536. The lowest BCUT2D eigenvalue weighted by Crippen LogP contribution is -2.25. The van der Waals surface area contributed by atoms with Crippen molar-refractivity contribution in [2.24, 2.45) is 5.92 Å². The highest BCUT2D eigenvalue weighted by Gasteiger charge is 2.24. The molecule has 2 aromatic rings. The van der Waals surface area contributed by atoms with Gasteiger partial charge in [0.1, 0.15) is 11.6 Å². The molecule has 2 amide bonds. The van der Waals surface area contributed by atoms with Crippen molar-refractivity contribution in [3.63, 3.8) is 0 Å². The fraction of sp³-hybridized carbons (Fsp3) is 0.375. The molecule has 1 aliphatic rings. The fourth-order valence-corrected chi connectivity index (χ4v) is 3.36. The minimum absolute atomic E-state index is 0.0210.